The number of fused-ring (bicyclic) bond motifs is 2. The summed E-state index contributed by atoms with van der Waals surface area (Å²) < 4.78 is 33.5. The number of likely N-dealkylation sites (tertiary alicyclic amines) is 1. The second kappa shape index (κ2) is 10.7. The highest BCUT2D eigenvalue weighted by Gasteiger charge is 2.46. The number of hydrogen-bond donors (Lipinski definition) is 1. The Morgan fingerprint density at radius 1 is 1.12 bits per heavy atom. The molecule has 2 unspecified atom stereocenters. The molecule has 1 amide bonds. The van der Waals surface area contributed by atoms with Crippen LogP contribution < -0.4 is 9.64 Å². The first-order valence-corrected chi connectivity index (χ1v) is 14.9. The lowest BCUT2D eigenvalue weighted by Crippen LogP contribution is -2.44. The van der Waals surface area contributed by atoms with Crippen molar-refractivity contribution < 1.29 is 28.2 Å². The standard InChI is InChI=1S/C31H33F2N3O4S/c1-18-3-8-26(40-15-23-7-4-20(12-19(23)2)28(37)35-10-9-31(32,33)17-35)24(11-18)25-16-41-30(34-25)36-13-21-5-6-22(14-36)27(21)29(38)39/h3-4,7-8,11-12,16,21-22,27H,5-6,9-10,13-15,17H2,1-2H3,(H,38,39)/t21-,22?,27?/m1/s1. The van der Waals surface area contributed by atoms with Crippen molar-refractivity contribution in [1.82, 2.24) is 9.88 Å². The Morgan fingerprint density at radius 3 is 2.54 bits per heavy atom. The van der Waals surface area contributed by atoms with Crippen LogP contribution in [0.15, 0.2) is 41.8 Å². The zero-order valence-corrected chi connectivity index (χ0v) is 23.9. The van der Waals surface area contributed by atoms with Gasteiger partial charge in [-0.15, -0.1) is 11.3 Å². The van der Waals surface area contributed by atoms with E-state index in [4.69, 9.17) is 9.72 Å². The van der Waals surface area contributed by atoms with Gasteiger partial charge in [0.25, 0.3) is 11.8 Å². The number of anilines is 1. The van der Waals surface area contributed by atoms with Crippen LogP contribution in [0.4, 0.5) is 13.9 Å². The SMILES string of the molecule is Cc1ccc(OCc2ccc(C(=O)N3CCC(F)(F)C3)cc2C)c(-c2csc(N3CC4CC[C@H](C3)C4C(=O)O)n2)c1. The van der Waals surface area contributed by atoms with Crippen LogP contribution in [0.25, 0.3) is 11.3 Å². The molecule has 41 heavy (non-hydrogen) atoms. The first-order chi connectivity index (χ1) is 19.6. The highest BCUT2D eigenvalue weighted by atomic mass is 32.1. The van der Waals surface area contributed by atoms with Crippen LogP contribution in [0.2, 0.25) is 0 Å². The number of amides is 1. The number of aryl methyl sites for hydroxylation is 2. The first-order valence-electron chi connectivity index (χ1n) is 14.0. The number of piperidine rings is 1. The van der Waals surface area contributed by atoms with Gasteiger partial charge in [0.05, 0.1) is 18.2 Å². The predicted octanol–water partition coefficient (Wildman–Crippen LogP) is 6.03. The number of carboxylic acid groups (broad SMARTS) is 1. The molecule has 2 aromatic carbocycles. The highest BCUT2D eigenvalue weighted by Crippen LogP contribution is 2.44. The molecule has 7 nitrogen and oxygen atoms in total. The molecular weight excluding hydrogens is 548 g/mol. The molecule has 1 aliphatic carbocycles. The number of alkyl halides is 2. The molecule has 2 bridgehead atoms. The van der Waals surface area contributed by atoms with Gasteiger partial charge in [-0.3, -0.25) is 9.59 Å². The number of halogens is 2. The first kappa shape index (κ1) is 27.6. The molecule has 2 saturated heterocycles. The quantitative estimate of drug-likeness (QED) is 0.367. The summed E-state index contributed by atoms with van der Waals surface area (Å²) in [5.74, 6) is -3.10. The van der Waals surface area contributed by atoms with Crippen molar-refractivity contribution in [3.63, 3.8) is 0 Å². The summed E-state index contributed by atoms with van der Waals surface area (Å²) >= 11 is 1.57. The minimum absolute atomic E-state index is 0.0616. The Bertz CT molecular complexity index is 1480. The van der Waals surface area contributed by atoms with E-state index in [1.165, 1.54) is 4.90 Å². The van der Waals surface area contributed by atoms with Gasteiger partial charge in [-0.05, 0) is 73.9 Å². The third-order valence-electron chi connectivity index (χ3n) is 8.72. The molecule has 0 radical (unpaired) electrons. The molecule has 3 atom stereocenters. The Labute approximate surface area is 241 Å². The van der Waals surface area contributed by atoms with Gasteiger partial charge in [0.15, 0.2) is 5.13 Å². The second-order valence-corrected chi connectivity index (χ2v) is 12.5. The van der Waals surface area contributed by atoms with E-state index in [-0.39, 0.29) is 43.2 Å². The van der Waals surface area contributed by atoms with E-state index in [2.05, 4.69) is 11.0 Å². The van der Waals surface area contributed by atoms with Gasteiger partial charge >= 0.3 is 5.97 Å². The van der Waals surface area contributed by atoms with E-state index in [9.17, 15) is 23.5 Å². The molecule has 10 heteroatoms. The number of hydrogen-bond acceptors (Lipinski definition) is 6. The zero-order valence-electron chi connectivity index (χ0n) is 23.1. The van der Waals surface area contributed by atoms with Crippen molar-refractivity contribution in [2.45, 2.75) is 45.6 Å². The number of thiazole rings is 1. The number of carboxylic acids is 1. The van der Waals surface area contributed by atoms with Gasteiger partial charge in [0.1, 0.15) is 12.4 Å². The number of ether oxygens (including phenoxy) is 1. The number of nitrogens with zero attached hydrogens (tertiary/aromatic N) is 3. The third kappa shape index (κ3) is 5.54. The van der Waals surface area contributed by atoms with Gasteiger partial charge in [0, 0.05) is 42.6 Å². The van der Waals surface area contributed by atoms with E-state index < -0.39 is 18.4 Å². The van der Waals surface area contributed by atoms with Crippen LogP contribution in [-0.2, 0) is 11.4 Å². The number of rotatable bonds is 7. The molecule has 1 aromatic heterocycles. The molecule has 1 N–H and O–H groups in total. The maximum Gasteiger partial charge on any atom is 0.307 e. The number of aliphatic carboxylic acids is 1. The minimum atomic E-state index is -2.82. The molecule has 1 saturated carbocycles. The number of aromatic nitrogens is 1. The lowest BCUT2D eigenvalue weighted by Gasteiger charge is -2.35. The molecule has 3 fully saturated rings. The topological polar surface area (TPSA) is 83.0 Å². The van der Waals surface area contributed by atoms with E-state index in [1.807, 2.05) is 37.4 Å². The van der Waals surface area contributed by atoms with E-state index >= 15 is 0 Å². The third-order valence-corrected chi connectivity index (χ3v) is 9.62. The highest BCUT2D eigenvalue weighted by molar-refractivity contribution is 7.14. The summed E-state index contributed by atoms with van der Waals surface area (Å²) in [6.07, 6.45) is 1.61. The summed E-state index contributed by atoms with van der Waals surface area (Å²) in [7, 11) is 0. The largest absolute Gasteiger partial charge is 0.488 e. The number of benzene rings is 2. The van der Waals surface area contributed by atoms with Crippen LogP contribution in [0.5, 0.6) is 5.75 Å². The Balaban J connectivity index is 1.16. The van der Waals surface area contributed by atoms with E-state index in [0.29, 0.717) is 11.3 Å². The molecule has 6 rings (SSSR count). The van der Waals surface area contributed by atoms with Gasteiger partial charge in [-0.1, -0.05) is 17.7 Å². The summed E-state index contributed by atoms with van der Waals surface area (Å²) in [6.45, 7) is 5.15. The van der Waals surface area contributed by atoms with E-state index in [0.717, 1.165) is 59.0 Å². The predicted molar refractivity (Wildman–Crippen MR) is 153 cm³/mol. The summed E-state index contributed by atoms with van der Waals surface area (Å²) in [4.78, 5) is 32.9. The van der Waals surface area contributed by atoms with Crippen molar-refractivity contribution in [1.29, 1.82) is 0 Å². The van der Waals surface area contributed by atoms with Gasteiger partial charge < -0.3 is 19.6 Å². The second-order valence-electron chi connectivity index (χ2n) is 11.6. The zero-order chi connectivity index (χ0) is 28.9. The maximum absolute atomic E-state index is 13.6. The monoisotopic (exact) mass is 581 g/mol. The van der Waals surface area contributed by atoms with Crippen LogP contribution >= 0.6 is 11.3 Å². The summed E-state index contributed by atoms with van der Waals surface area (Å²) in [5, 5.41) is 12.6. The fourth-order valence-corrected chi connectivity index (χ4v) is 7.37. The lowest BCUT2D eigenvalue weighted by molar-refractivity contribution is -0.144. The average molecular weight is 582 g/mol. The molecule has 216 valence electrons. The van der Waals surface area contributed by atoms with Crippen LogP contribution in [-0.4, -0.2) is 59.0 Å². The lowest BCUT2D eigenvalue weighted by atomic mass is 9.85. The molecule has 2 aliphatic heterocycles. The van der Waals surface area contributed by atoms with Crippen molar-refractivity contribution in [2.75, 3.05) is 31.1 Å². The molecule has 3 heterocycles. The maximum atomic E-state index is 13.6. The van der Waals surface area contributed by atoms with Crippen LogP contribution in [0.3, 0.4) is 0 Å². The minimum Gasteiger partial charge on any atom is -0.488 e. The number of carbonyl (C=O) groups is 2. The van der Waals surface area contributed by atoms with Crippen molar-refractivity contribution in [2.24, 2.45) is 17.8 Å². The Kier molecular flexibility index (Phi) is 7.21. The summed E-state index contributed by atoms with van der Waals surface area (Å²) in [6, 6.07) is 11.2. The summed E-state index contributed by atoms with van der Waals surface area (Å²) in [5.41, 5.74) is 4.93. The Hall–Kier alpha value is -3.53. The van der Waals surface area contributed by atoms with Crippen LogP contribution in [0.1, 0.15) is 46.3 Å². The average Bonchev–Trinajstić information content (AvgIpc) is 3.64. The Morgan fingerprint density at radius 2 is 1.88 bits per heavy atom. The molecule has 3 aromatic rings. The van der Waals surface area contributed by atoms with Crippen molar-refractivity contribution in [3.05, 3.63) is 64.0 Å². The normalized spacial score (nSPS) is 23.2. The molecule has 3 aliphatic rings. The fourth-order valence-electron chi connectivity index (χ4n) is 6.52. The van der Waals surface area contributed by atoms with Gasteiger partial charge in [0.2, 0.25) is 0 Å². The van der Waals surface area contributed by atoms with Gasteiger partial charge in [-0.25, -0.2) is 13.8 Å². The van der Waals surface area contributed by atoms with Crippen molar-refractivity contribution in [3.8, 4) is 17.0 Å². The smallest absolute Gasteiger partial charge is 0.307 e. The molecule has 0 spiro atoms. The van der Waals surface area contributed by atoms with Gasteiger partial charge in [-0.2, -0.15) is 0 Å². The van der Waals surface area contributed by atoms with Crippen molar-refractivity contribution >= 4 is 28.3 Å². The van der Waals surface area contributed by atoms with E-state index in [1.54, 1.807) is 23.5 Å². The van der Waals surface area contributed by atoms with Crippen LogP contribution in [0, 0.1) is 31.6 Å². The fraction of sp³-hybridized carbons (Fsp3) is 0.452. The number of carbonyl (C=O) groups excluding carboxylic acids is 1. The molecular formula is C31H33F2N3O4S.